The Morgan fingerprint density at radius 2 is 2.00 bits per heavy atom. The highest BCUT2D eigenvalue weighted by Gasteiger charge is 2.21. The maximum atomic E-state index is 6.30. The molecule has 0 spiro atoms. The summed E-state index contributed by atoms with van der Waals surface area (Å²) in [5.41, 5.74) is 8.59. The van der Waals surface area contributed by atoms with E-state index in [9.17, 15) is 0 Å². The van der Waals surface area contributed by atoms with Crippen LogP contribution in [0.3, 0.4) is 0 Å². The third-order valence-electron chi connectivity index (χ3n) is 3.38. The first kappa shape index (κ1) is 16.7. The Bertz CT molecular complexity index is 392. The van der Waals surface area contributed by atoms with Crippen LogP contribution in [-0.4, -0.2) is 28.5 Å². The smallest absolute Gasteiger partial charge is 0.0766 e. The van der Waals surface area contributed by atoms with Gasteiger partial charge in [0.2, 0.25) is 0 Å². The van der Waals surface area contributed by atoms with Crippen molar-refractivity contribution in [1.82, 2.24) is 9.78 Å². The molecule has 2 unspecified atom stereocenters. The maximum Gasteiger partial charge on any atom is 0.0766 e. The van der Waals surface area contributed by atoms with Crippen molar-refractivity contribution in [3.8, 4) is 0 Å². The Kier molecular flexibility index (Phi) is 7.04. The highest BCUT2D eigenvalue weighted by atomic mass is 79.9. The zero-order valence-corrected chi connectivity index (χ0v) is 14.0. The van der Waals surface area contributed by atoms with Crippen LogP contribution >= 0.6 is 15.9 Å². The van der Waals surface area contributed by atoms with Gasteiger partial charge >= 0.3 is 0 Å². The second kappa shape index (κ2) is 8.02. The fourth-order valence-corrected chi connectivity index (χ4v) is 3.05. The molecule has 1 aromatic heterocycles. The van der Waals surface area contributed by atoms with Gasteiger partial charge in [0, 0.05) is 25.6 Å². The SMILES string of the molecule is CCOC(CC)C(N)Cc1c(Br)c(CC)nn1CC. The first-order chi connectivity index (χ1) is 9.08. The van der Waals surface area contributed by atoms with E-state index in [-0.39, 0.29) is 12.1 Å². The Labute approximate surface area is 124 Å². The van der Waals surface area contributed by atoms with Gasteiger partial charge in [-0.3, -0.25) is 4.68 Å². The Hall–Kier alpha value is -0.390. The lowest BCUT2D eigenvalue weighted by Crippen LogP contribution is -2.38. The Balaban J connectivity index is 2.88. The first-order valence-corrected chi connectivity index (χ1v) is 7.99. The lowest BCUT2D eigenvalue weighted by atomic mass is 10.0. The standard InChI is InChI=1S/C14H26BrN3O/c1-5-11-14(15)12(18(7-3)17-11)9-10(16)13(6-2)19-8-4/h10,13H,5-9,16H2,1-4H3. The molecule has 2 atom stereocenters. The molecular formula is C14H26BrN3O. The van der Waals surface area contributed by atoms with Crippen LogP contribution in [0.5, 0.6) is 0 Å². The number of hydrogen-bond donors (Lipinski definition) is 1. The zero-order valence-electron chi connectivity index (χ0n) is 12.4. The van der Waals surface area contributed by atoms with Crippen molar-refractivity contribution in [3.05, 3.63) is 15.9 Å². The number of rotatable bonds is 8. The van der Waals surface area contributed by atoms with Crippen LogP contribution in [-0.2, 0) is 24.1 Å². The van der Waals surface area contributed by atoms with E-state index in [1.54, 1.807) is 0 Å². The van der Waals surface area contributed by atoms with Crippen LogP contribution in [0.4, 0.5) is 0 Å². The molecule has 0 radical (unpaired) electrons. The lowest BCUT2D eigenvalue weighted by Gasteiger charge is -2.23. The van der Waals surface area contributed by atoms with Crippen molar-refractivity contribution in [1.29, 1.82) is 0 Å². The van der Waals surface area contributed by atoms with E-state index in [2.05, 4.69) is 41.8 Å². The molecule has 0 saturated heterocycles. The first-order valence-electron chi connectivity index (χ1n) is 7.20. The minimum atomic E-state index is 0.00737. The summed E-state index contributed by atoms with van der Waals surface area (Å²) < 4.78 is 8.85. The largest absolute Gasteiger partial charge is 0.377 e. The molecule has 1 aromatic rings. The van der Waals surface area contributed by atoms with Gasteiger partial charge in [0.1, 0.15) is 0 Å². The fraction of sp³-hybridized carbons (Fsp3) is 0.786. The molecule has 0 fully saturated rings. The molecule has 0 bridgehead atoms. The summed E-state index contributed by atoms with van der Waals surface area (Å²) in [6.45, 7) is 9.92. The molecule has 110 valence electrons. The van der Waals surface area contributed by atoms with E-state index in [4.69, 9.17) is 10.5 Å². The van der Waals surface area contributed by atoms with Crippen LogP contribution in [0.15, 0.2) is 4.47 Å². The van der Waals surface area contributed by atoms with Gasteiger partial charge in [-0.1, -0.05) is 13.8 Å². The monoisotopic (exact) mass is 331 g/mol. The Morgan fingerprint density at radius 1 is 1.32 bits per heavy atom. The van der Waals surface area contributed by atoms with Gasteiger partial charge in [-0.05, 0) is 42.6 Å². The predicted molar refractivity (Wildman–Crippen MR) is 82.4 cm³/mol. The van der Waals surface area contributed by atoms with E-state index in [0.717, 1.165) is 36.0 Å². The summed E-state index contributed by atoms with van der Waals surface area (Å²) >= 11 is 3.66. The molecule has 0 aliphatic carbocycles. The summed E-state index contributed by atoms with van der Waals surface area (Å²) in [7, 11) is 0. The van der Waals surface area contributed by atoms with Crippen LogP contribution in [0.1, 0.15) is 45.5 Å². The highest BCUT2D eigenvalue weighted by molar-refractivity contribution is 9.10. The van der Waals surface area contributed by atoms with Crippen LogP contribution < -0.4 is 5.73 Å². The molecule has 0 aromatic carbocycles. The number of nitrogens with zero attached hydrogens (tertiary/aromatic N) is 2. The number of aromatic nitrogens is 2. The molecule has 4 nitrogen and oxygen atoms in total. The van der Waals surface area contributed by atoms with E-state index in [1.807, 2.05) is 11.6 Å². The maximum absolute atomic E-state index is 6.30. The lowest BCUT2D eigenvalue weighted by molar-refractivity contribution is 0.0412. The minimum absolute atomic E-state index is 0.00737. The number of nitrogens with two attached hydrogens (primary N) is 1. The summed E-state index contributed by atoms with van der Waals surface area (Å²) in [5, 5.41) is 4.60. The van der Waals surface area contributed by atoms with Crippen molar-refractivity contribution < 1.29 is 4.74 Å². The normalized spacial score (nSPS) is 14.6. The van der Waals surface area contributed by atoms with Gasteiger partial charge in [-0.15, -0.1) is 0 Å². The topological polar surface area (TPSA) is 53.1 Å². The summed E-state index contributed by atoms with van der Waals surface area (Å²) in [4.78, 5) is 0. The molecule has 0 saturated carbocycles. The number of halogens is 1. The molecule has 5 heteroatoms. The molecule has 0 amide bonds. The molecule has 1 heterocycles. The average molecular weight is 332 g/mol. The highest BCUT2D eigenvalue weighted by Crippen LogP contribution is 2.24. The molecule has 0 aliphatic heterocycles. The third-order valence-corrected chi connectivity index (χ3v) is 4.30. The van der Waals surface area contributed by atoms with Crippen molar-refractivity contribution in [3.63, 3.8) is 0 Å². The number of aryl methyl sites for hydroxylation is 2. The molecular weight excluding hydrogens is 306 g/mol. The van der Waals surface area contributed by atoms with E-state index < -0.39 is 0 Å². The second-order valence-corrected chi connectivity index (χ2v) is 5.44. The minimum Gasteiger partial charge on any atom is -0.377 e. The van der Waals surface area contributed by atoms with Crippen molar-refractivity contribution in [2.45, 2.75) is 65.6 Å². The third kappa shape index (κ3) is 4.04. The van der Waals surface area contributed by atoms with Gasteiger partial charge in [0.15, 0.2) is 0 Å². The van der Waals surface area contributed by atoms with E-state index in [1.165, 1.54) is 5.69 Å². The Morgan fingerprint density at radius 3 is 2.47 bits per heavy atom. The fourth-order valence-electron chi connectivity index (χ4n) is 2.33. The van der Waals surface area contributed by atoms with E-state index in [0.29, 0.717) is 6.61 Å². The van der Waals surface area contributed by atoms with Crippen LogP contribution in [0.2, 0.25) is 0 Å². The van der Waals surface area contributed by atoms with Gasteiger partial charge in [0.05, 0.1) is 22.0 Å². The van der Waals surface area contributed by atoms with Crippen LogP contribution in [0, 0.1) is 0 Å². The van der Waals surface area contributed by atoms with Gasteiger partial charge < -0.3 is 10.5 Å². The van der Waals surface area contributed by atoms with Crippen molar-refractivity contribution in [2.75, 3.05) is 6.61 Å². The molecule has 1 rings (SSSR count). The molecule has 2 N–H and O–H groups in total. The van der Waals surface area contributed by atoms with Crippen LogP contribution in [0.25, 0.3) is 0 Å². The quantitative estimate of drug-likeness (QED) is 0.796. The van der Waals surface area contributed by atoms with Gasteiger partial charge in [0.25, 0.3) is 0 Å². The van der Waals surface area contributed by atoms with Gasteiger partial charge in [-0.25, -0.2) is 0 Å². The molecule has 19 heavy (non-hydrogen) atoms. The van der Waals surface area contributed by atoms with Crippen molar-refractivity contribution >= 4 is 15.9 Å². The average Bonchev–Trinajstić information content (AvgIpc) is 2.72. The number of hydrogen-bond acceptors (Lipinski definition) is 3. The summed E-state index contributed by atoms with van der Waals surface area (Å²) in [5.74, 6) is 0. The predicted octanol–water partition coefficient (Wildman–Crippen LogP) is 2.91. The zero-order chi connectivity index (χ0) is 14.4. The summed E-state index contributed by atoms with van der Waals surface area (Å²) in [6.07, 6.45) is 2.77. The summed E-state index contributed by atoms with van der Waals surface area (Å²) in [6, 6.07) is 0.00737. The van der Waals surface area contributed by atoms with Crippen molar-refractivity contribution in [2.24, 2.45) is 5.73 Å². The molecule has 0 aliphatic rings. The number of ether oxygens (including phenoxy) is 1. The second-order valence-electron chi connectivity index (χ2n) is 4.65. The van der Waals surface area contributed by atoms with Gasteiger partial charge in [-0.2, -0.15) is 5.10 Å². The van der Waals surface area contributed by atoms with E-state index >= 15 is 0 Å².